The third-order valence-electron chi connectivity index (χ3n) is 5.61. The van der Waals surface area contributed by atoms with Crippen molar-refractivity contribution in [3.8, 4) is 0 Å². The van der Waals surface area contributed by atoms with Crippen molar-refractivity contribution in [3.63, 3.8) is 0 Å². The number of hydrogen-bond acceptors (Lipinski definition) is 3. The molecule has 4 rings (SSSR count). The normalized spacial score (nSPS) is 28.2. The van der Waals surface area contributed by atoms with E-state index >= 15 is 0 Å². The van der Waals surface area contributed by atoms with E-state index in [4.69, 9.17) is 0 Å². The average molecular weight is 327 g/mol. The highest BCUT2D eigenvalue weighted by atomic mass is 32.2. The molecule has 0 amide bonds. The fourth-order valence-corrected chi connectivity index (χ4v) is 6.63. The third kappa shape index (κ3) is 2.24. The molecule has 2 atom stereocenters. The molecule has 0 spiro atoms. The molecule has 0 aromatic heterocycles. The van der Waals surface area contributed by atoms with Gasteiger partial charge in [-0.05, 0) is 17.5 Å². The van der Waals surface area contributed by atoms with Gasteiger partial charge < -0.3 is 5.32 Å². The summed E-state index contributed by atoms with van der Waals surface area (Å²) in [5, 5.41) is 3.05. The van der Waals surface area contributed by atoms with Gasteiger partial charge in [-0.25, -0.2) is 8.42 Å². The molecule has 2 aromatic rings. The van der Waals surface area contributed by atoms with Crippen LogP contribution in [0.3, 0.4) is 0 Å². The first-order valence-electron chi connectivity index (χ1n) is 8.18. The van der Waals surface area contributed by atoms with Crippen molar-refractivity contribution in [3.05, 3.63) is 71.8 Å². The maximum absolute atomic E-state index is 12.6. The van der Waals surface area contributed by atoms with Gasteiger partial charge in [0.15, 0.2) is 9.84 Å². The van der Waals surface area contributed by atoms with E-state index in [0.717, 1.165) is 6.54 Å². The highest BCUT2D eigenvalue weighted by molar-refractivity contribution is 7.92. The minimum absolute atomic E-state index is 0.0889. The van der Waals surface area contributed by atoms with Crippen LogP contribution in [0.1, 0.15) is 17.5 Å². The number of nitrogens with one attached hydrogen (secondary N) is 1. The lowest BCUT2D eigenvalue weighted by molar-refractivity contribution is 0.316. The van der Waals surface area contributed by atoms with Gasteiger partial charge in [0.1, 0.15) is 0 Å². The standard InChI is InChI=1S/C19H21NO2S/c21-23(22)12-11-19(15-7-3-1-4-8-15,16-9-5-2-6-10-16)17-13-20-14-18(17)23/h1-10,17-18,20H,11-14H2. The summed E-state index contributed by atoms with van der Waals surface area (Å²) < 4.78 is 25.1. The summed E-state index contributed by atoms with van der Waals surface area (Å²) >= 11 is 0. The van der Waals surface area contributed by atoms with E-state index in [0.29, 0.717) is 13.0 Å². The van der Waals surface area contributed by atoms with Gasteiger partial charge in [-0.1, -0.05) is 60.7 Å². The van der Waals surface area contributed by atoms with Crippen LogP contribution in [0.4, 0.5) is 0 Å². The molecule has 0 aliphatic carbocycles. The Kier molecular flexibility index (Phi) is 3.54. The second-order valence-electron chi connectivity index (χ2n) is 6.62. The third-order valence-corrected chi connectivity index (χ3v) is 7.80. The topological polar surface area (TPSA) is 46.2 Å². The van der Waals surface area contributed by atoms with Crippen LogP contribution in [-0.2, 0) is 15.3 Å². The van der Waals surface area contributed by atoms with Crippen LogP contribution in [-0.4, -0.2) is 32.5 Å². The van der Waals surface area contributed by atoms with Crippen molar-refractivity contribution < 1.29 is 8.42 Å². The molecule has 2 fully saturated rings. The Morgan fingerprint density at radius 2 is 1.43 bits per heavy atom. The number of fused-ring (bicyclic) bond motifs is 1. The van der Waals surface area contributed by atoms with Crippen LogP contribution in [0.25, 0.3) is 0 Å². The molecular formula is C19H21NO2S. The van der Waals surface area contributed by atoms with Gasteiger partial charge in [-0.2, -0.15) is 0 Å². The van der Waals surface area contributed by atoms with E-state index in [1.165, 1.54) is 11.1 Å². The van der Waals surface area contributed by atoms with Gasteiger partial charge in [-0.3, -0.25) is 0 Å². The molecule has 0 bridgehead atoms. The predicted molar refractivity (Wildman–Crippen MR) is 92.2 cm³/mol. The van der Waals surface area contributed by atoms with Crippen molar-refractivity contribution in [2.24, 2.45) is 5.92 Å². The van der Waals surface area contributed by atoms with E-state index in [9.17, 15) is 8.42 Å². The molecule has 23 heavy (non-hydrogen) atoms. The van der Waals surface area contributed by atoms with Crippen molar-refractivity contribution in [2.75, 3.05) is 18.8 Å². The maximum Gasteiger partial charge on any atom is 0.154 e. The molecule has 0 saturated carbocycles. The first-order valence-corrected chi connectivity index (χ1v) is 9.89. The molecule has 3 nitrogen and oxygen atoms in total. The number of sulfone groups is 1. The number of hydrogen-bond donors (Lipinski definition) is 1. The molecule has 120 valence electrons. The van der Waals surface area contributed by atoms with Crippen LogP contribution in [0.2, 0.25) is 0 Å². The molecule has 0 radical (unpaired) electrons. The van der Waals surface area contributed by atoms with Gasteiger partial charge in [0.2, 0.25) is 0 Å². The van der Waals surface area contributed by atoms with Crippen LogP contribution in [0.15, 0.2) is 60.7 Å². The smallest absolute Gasteiger partial charge is 0.154 e. The lowest BCUT2D eigenvalue weighted by Gasteiger charge is -2.46. The van der Waals surface area contributed by atoms with Crippen molar-refractivity contribution in [2.45, 2.75) is 17.1 Å². The minimum atomic E-state index is -3.01. The summed E-state index contributed by atoms with van der Waals surface area (Å²) in [5.41, 5.74) is 2.25. The Morgan fingerprint density at radius 3 is 2.00 bits per heavy atom. The molecule has 1 N–H and O–H groups in total. The van der Waals surface area contributed by atoms with Crippen LogP contribution in [0, 0.1) is 5.92 Å². The Balaban J connectivity index is 1.94. The highest BCUT2D eigenvalue weighted by Crippen LogP contribution is 2.49. The van der Waals surface area contributed by atoms with Crippen molar-refractivity contribution >= 4 is 9.84 Å². The molecule has 2 saturated heterocycles. The Labute approximate surface area is 137 Å². The largest absolute Gasteiger partial charge is 0.315 e. The number of rotatable bonds is 2. The summed E-state index contributed by atoms with van der Waals surface area (Å²) in [6.07, 6.45) is 0.659. The van der Waals surface area contributed by atoms with Crippen LogP contribution < -0.4 is 5.32 Å². The zero-order chi connectivity index (χ0) is 15.9. The van der Waals surface area contributed by atoms with E-state index in [1.807, 2.05) is 12.1 Å². The summed E-state index contributed by atoms with van der Waals surface area (Å²) in [5.74, 6) is 0.352. The van der Waals surface area contributed by atoms with Crippen molar-refractivity contribution in [1.82, 2.24) is 5.32 Å². The Morgan fingerprint density at radius 1 is 0.870 bits per heavy atom. The summed E-state index contributed by atoms with van der Waals surface area (Å²) in [7, 11) is -3.01. The number of benzene rings is 2. The molecule has 2 aliphatic rings. The molecule has 2 aliphatic heterocycles. The van der Waals surface area contributed by atoms with Gasteiger partial charge in [0.25, 0.3) is 0 Å². The monoisotopic (exact) mass is 327 g/mol. The first-order chi connectivity index (χ1) is 11.1. The lowest BCUT2D eigenvalue weighted by Crippen LogP contribution is -2.51. The average Bonchev–Trinajstić information content (AvgIpc) is 3.09. The van der Waals surface area contributed by atoms with Gasteiger partial charge >= 0.3 is 0 Å². The zero-order valence-electron chi connectivity index (χ0n) is 13.0. The summed E-state index contributed by atoms with van der Waals surface area (Å²) in [6.45, 7) is 1.34. The highest BCUT2D eigenvalue weighted by Gasteiger charge is 2.55. The van der Waals surface area contributed by atoms with E-state index in [1.54, 1.807) is 0 Å². The van der Waals surface area contributed by atoms with E-state index in [-0.39, 0.29) is 22.3 Å². The molecule has 2 unspecified atom stereocenters. The van der Waals surface area contributed by atoms with Crippen LogP contribution in [0.5, 0.6) is 0 Å². The molecule has 2 heterocycles. The zero-order valence-corrected chi connectivity index (χ0v) is 13.8. The second kappa shape index (κ2) is 5.46. The summed E-state index contributed by atoms with van der Waals surface area (Å²) in [4.78, 5) is 0. The van der Waals surface area contributed by atoms with Crippen LogP contribution >= 0.6 is 0 Å². The van der Waals surface area contributed by atoms with E-state index < -0.39 is 9.84 Å². The molecule has 2 aromatic carbocycles. The summed E-state index contributed by atoms with van der Waals surface area (Å²) in [6, 6.07) is 20.9. The van der Waals surface area contributed by atoms with Gasteiger partial charge in [-0.15, -0.1) is 0 Å². The Bertz CT molecular complexity index is 747. The fraction of sp³-hybridized carbons (Fsp3) is 0.368. The Hall–Kier alpha value is -1.65. The maximum atomic E-state index is 12.6. The second-order valence-corrected chi connectivity index (χ2v) is 8.96. The van der Waals surface area contributed by atoms with Crippen molar-refractivity contribution in [1.29, 1.82) is 0 Å². The fourth-order valence-electron chi connectivity index (χ4n) is 4.52. The predicted octanol–water partition coefficient (Wildman–Crippen LogP) is 2.38. The van der Waals surface area contributed by atoms with Gasteiger partial charge in [0, 0.05) is 24.4 Å². The SMILES string of the molecule is O=S1(=O)CCC(c2ccccc2)(c2ccccc2)C2CNCC21. The lowest BCUT2D eigenvalue weighted by atomic mass is 9.63. The van der Waals surface area contributed by atoms with Gasteiger partial charge in [0.05, 0.1) is 11.0 Å². The molecule has 4 heteroatoms. The molecular weight excluding hydrogens is 306 g/mol. The first kappa shape index (κ1) is 14.9. The minimum Gasteiger partial charge on any atom is -0.315 e. The quantitative estimate of drug-likeness (QED) is 0.921. The van der Waals surface area contributed by atoms with E-state index in [2.05, 4.69) is 53.8 Å².